The van der Waals surface area contributed by atoms with Gasteiger partial charge in [-0.25, -0.2) is 0 Å². The fraction of sp³-hybridized carbons (Fsp3) is 0. The Hall–Kier alpha value is -0.00208. The van der Waals surface area contributed by atoms with Crippen LogP contribution in [0.4, 0.5) is 19.2 Å². The number of hydrogen-bond acceptors (Lipinski definition) is 16. The van der Waals surface area contributed by atoms with Crippen molar-refractivity contribution < 1.29 is 183 Å². The van der Waals surface area contributed by atoms with Crippen molar-refractivity contribution in [3.8, 4) is 0 Å². The number of carbonyl (C=O) groups is 4. The molecule has 0 rings (SSSR count). The molecule has 0 amide bonds. The van der Waals surface area contributed by atoms with Crippen LogP contribution in [0.25, 0.3) is 0 Å². The van der Waals surface area contributed by atoms with Crippen LogP contribution >= 0.6 is 0 Å². The molecule has 0 saturated carbocycles. The van der Waals surface area contributed by atoms with Crippen LogP contribution in [0.1, 0.15) is 0 Å². The van der Waals surface area contributed by atoms with Gasteiger partial charge in [0.1, 0.15) is 0 Å². The van der Waals surface area contributed by atoms with E-state index in [1.165, 1.54) is 0 Å². The van der Waals surface area contributed by atoms with E-state index in [4.69, 9.17) is 60.0 Å². The van der Waals surface area contributed by atoms with E-state index >= 15 is 0 Å². The molecular weight excluding hydrogens is 671 g/mol. The average molecular weight is 675 g/mol. The quantitative estimate of drug-likeness (QED) is 0.215. The number of rotatable bonds is 0. The molecule has 0 unspecified atom stereocenters. The molecular formula is C4H4Co3Cu3O16. The second-order valence-electron chi connectivity index (χ2n) is 1.00. The minimum absolute atomic E-state index is 0. The second kappa shape index (κ2) is 100. The molecule has 0 aromatic rings. The Morgan fingerprint density at radius 2 is 0.346 bits per heavy atom. The molecule has 0 aliphatic rings. The van der Waals surface area contributed by atoms with Crippen molar-refractivity contribution in [1.82, 2.24) is 0 Å². The predicted octanol–water partition coefficient (Wildman–Crippen LogP) is -10.5. The number of hydrogen-bond donors (Lipinski definition) is 0. The zero-order valence-electron chi connectivity index (χ0n) is 10.6. The Balaban J connectivity index is -0.00000000545. The fourth-order valence-corrected chi connectivity index (χ4v) is 0. The van der Waals surface area contributed by atoms with Crippen molar-refractivity contribution in [2.45, 2.75) is 0 Å². The van der Waals surface area contributed by atoms with Gasteiger partial charge in [0.05, 0.1) is 0 Å². The molecule has 0 atom stereocenters. The van der Waals surface area contributed by atoms with Gasteiger partial charge in [-0.05, 0) is 24.6 Å². The van der Waals surface area contributed by atoms with Crippen LogP contribution in [0.3, 0.4) is 0 Å². The molecule has 0 aliphatic heterocycles. The monoisotopic (exact) mass is 674 g/mol. The molecule has 0 aliphatic carbocycles. The van der Waals surface area contributed by atoms with Crippen LogP contribution in [0.5, 0.6) is 0 Å². The van der Waals surface area contributed by atoms with Gasteiger partial charge in [-0.2, -0.15) is 0 Å². The minimum Gasteiger partial charge on any atom is -0.870 e. The number of carbonyl (C=O) groups excluding carboxylic acids is 4. The first-order valence-electron chi connectivity index (χ1n) is 2.45. The predicted molar refractivity (Wildman–Crippen MR) is 29.3 cm³/mol. The van der Waals surface area contributed by atoms with Crippen molar-refractivity contribution in [1.29, 1.82) is 0 Å². The fourth-order valence-electron chi connectivity index (χ4n) is 0. The summed E-state index contributed by atoms with van der Waals surface area (Å²) in [4.78, 5) is 33.3. The largest absolute Gasteiger partial charge is 2.00 e. The van der Waals surface area contributed by atoms with Gasteiger partial charge >= 0.3 is 102 Å². The summed E-state index contributed by atoms with van der Waals surface area (Å²) < 4.78 is 0. The van der Waals surface area contributed by atoms with Gasteiger partial charge in [0.15, 0.2) is 0 Å². The van der Waals surface area contributed by atoms with E-state index in [2.05, 4.69) is 0 Å². The van der Waals surface area contributed by atoms with Crippen molar-refractivity contribution in [2.75, 3.05) is 0 Å². The van der Waals surface area contributed by atoms with Crippen LogP contribution in [-0.2, 0) is 102 Å². The Morgan fingerprint density at radius 1 is 0.346 bits per heavy atom. The van der Waals surface area contributed by atoms with E-state index in [1.54, 1.807) is 0 Å². The van der Waals surface area contributed by atoms with Crippen LogP contribution in [0.2, 0.25) is 0 Å². The van der Waals surface area contributed by atoms with Crippen molar-refractivity contribution >= 4 is 24.6 Å². The normalized spacial score (nSPS) is 3.69. The Kier molecular flexibility index (Phi) is 434. The summed E-state index contributed by atoms with van der Waals surface area (Å²) in [6.45, 7) is 0. The first-order chi connectivity index (χ1) is 6.93. The molecule has 176 valence electrons. The van der Waals surface area contributed by atoms with E-state index in [1.807, 2.05) is 0 Å². The summed E-state index contributed by atoms with van der Waals surface area (Å²) in [5.41, 5.74) is 0. The van der Waals surface area contributed by atoms with E-state index in [0.717, 1.165) is 0 Å². The molecule has 0 fully saturated rings. The summed E-state index contributed by atoms with van der Waals surface area (Å²) in [5, 5.41) is 66.7. The van der Waals surface area contributed by atoms with E-state index < -0.39 is 24.6 Å². The Morgan fingerprint density at radius 3 is 0.346 bits per heavy atom. The molecule has 4 N–H and O–H groups in total. The maximum Gasteiger partial charge on any atom is 2.00 e. The molecule has 16 nitrogen and oxygen atoms in total. The third-order valence-corrected chi connectivity index (χ3v) is 0. The summed E-state index contributed by atoms with van der Waals surface area (Å²) in [6, 6.07) is 0. The zero-order chi connectivity index (χ0) is 14.3. The molecule has 0 aromatic heterocycles. The number of carboxylic acid groups (broad SMARTS) is 8. The van der Waals surface area contributed by atoms with E-state index in [0.29, 0.717) is 0 Å². The standard InChI is InChI=1S/4CH2O3.3Co.3Cu.4H2O/c4*2-1(3)4;;;;;;;;;;/h4*(H2,2,3,4);;;;;;;4*1H2/q;;;;6*+2;;;;/p-12. The molecule has 0 saturated heterocycles. The first kappa shape index (κ1) is 113. The summed E-state index contributed by atoms with van der Waals surface area (Å²) >= 11 is 0. The van der Waals surface area contributed by atoms with Crippen LogP contribution in [0.15, 0.2) is 0 Å². The topological polar surface area (TPSA) is 373 Å². The summed E-state index contributed by atoms with van der Waals surface area (Å²) in [7, 11) is 0. The van der Waals surface area contributed by atoms with Gasteiger partial charge in [0.2, 0.25) is 0 Å². The Bertz CT molecular complexity index is 181. The average Bonchev–Trinajstić information content (AvgIpc) is 1.76. The van der Waals surface area contributed by atoms with Crippen molar-refractivity contribution in [2.24, 2.45) is 0 Å². The van der Waals surface area contributed by atoms with Gasteiger partial charge in [0, 0.05) is 0 Å². The van der Waals surface area contributed by atoms with Crippen LogP contribution < -0.4 is 40.9 Å². The summed E-state index contributed by atoms with van der Waals surface area (Å²) in [6.07, 6.45) is -9.33. The first-order valence-corrected chi connectivity index (χ1v) is 2.45. The van der Waals surface area contributed by atoms with Gasteiger partial charge in [-0.15, -0.1) is 0 Å². The van der Waals surface area contributed by atoms with Crippen molar-refractivity contribution in [3.05, 3.63) is 0 Å². The van der Waals surface area contributed by atoms with Gasteiger partial charge in [-0.1, -0.05) is 0 Å². The SMILES string of the molecule is O=C([O-])[O-].O=C([O-])[O-].O=C([O-])[O-].O=C([O-])[O-].[Co+2].[Co+2].[Co+2].[Cu+2].[Cu+2].[Cu+2].[OH-].[OH-].[OH-].[OH-]. The Labute approximate surface area is 207 Å². The van der Waals surface area contributed by atoms with Gasteiger partial charge in [-0.3, -0.25) is 0 Å². The van der Waals surface area contributed by atoms with Gasteiger partial charge < -0.3 is 81.9 Å². The minimum atomic E-state index is -2.33. The second-order valence-corrected chi connectivity index (χ2v) is 1.00. The van der Waals surface area contributed by atoms with Gasteiger partial charge in [0.25, 0.3) is 0 Å². The molecule has 6 radical (unpaired) electrons. The molecule has 0 heterocycles. The molecule has 0 aromatic carbocycles. The van der Waals surface area contributed by atoms with Crippen LogP contribution in [0, 0.1) is 0 Å². The summed E-state index contributed by atoms with van der Waals surface area (Å²) in [5.74, 6) is 0. The third kappa shape index (κ3) is 2940000000. The van der Waals surface area contributed by atoms with Crippen LogP contribution in [-0.4, -0.2) is 46.5 Å². The molecule has 0 bridgehead atoms. The smallest absolute Gasteiger partial charge is 0.870 e. The van der Waals surface area contributed by atoms with E-state index in [-0.39, 0.29) is 123 Å². The molecule has 26 heavy (non-hydrogen) atoms. The maximum absolute atomic E-state index is 8.33. The molecule has 0 spiro atoms. The zero-order valence-corrected chi connectivity index (χ0v) is 16.5. The third-order valence-electron chi connectivity index (χ3n) is 0. The van der Waals surface area contributed by atoms with Crippen molar-refractivity contribution in [3.63, 3.8) is 0 Å². The van der Waals surface area contributed by atoms with E-state index in [9.17, 15) is 0 Å². The molecule has 22 heteroatoms. The maximum atomic E-state index is 8.33.